The summed E-state index contributed by atoms with van der Waals surface area (Å²) in [6.07, 6.45) is 7.86. The molecular formula is C94H84Cl4N20O8. The molecule has 8 heterocycles. The molecule has 0 unspecified atom stereocenters. The molecule has 4 aromatic heterocycles. The molecule has 4 aliphatic rings. The normalized spacial score (nSPS) is 13.1. The topological polar surface area (TPSA) is 356 Å². The number of aliphatic imine (C=N–C) groups is 4. The molecule has 0 saturated heterocycles. The number of pyridine rings is 4. The van der Waals surface area contributed by atoms with Crippen LogP contribution in [0.1, 0.15) is 125 Å². The average molecular weight is 1760 g/mol. The van der Waals surface area contributed by atoms with Crippen LogP contribution in [-0.2, 0) is 0 Å². The molecule has 32 heteroatoms. The summed E-state index contributed by atoms with van der Waals surface area (Å²) in [4.78, 5) is 143. The highest BCUT2D eigenvalue weighted by Crippen LogP contribution is 2.27. The molecule has 9 N–H and O–H groups in total. The summed E-state index contributed by atoms with van der Waals surface area (Å²) in [6.45, 7) is 9.83. The largest absolute Gasteiger partial charge is 0.370 e. The van der Waals surface area contributed by atoms with Crippen molar-refractivity contribution in [3.63, 3.8) is 0 Å². The quantitative estimate of drug-likeness (QED) is 0.0323. The fourth-order valence-electron chi connectivity index (χ4n) is 13.2. The molecule has 636 valence electrons. The van der Waals surface area contributed by atoms with Gasteiger partial charge in [-0.15, -0.1) is 0 Å². The van der Waals surface area contributed by atoms with E-state index >= 15 is 0 Å². The third kappa shape index (κ3) is 24.1. The Labute approximate surface area is 746 Å². The Balaban J connectivity index is 0.000000144. The Kier molecular flexibility index (Phi) is 30.5. The smallest absolute Gasteiger partial charge is 0.258 e. The second kappa shape index (κ2) is 43.3. The number of carbonyl (C=O) groups excluding carboxylic acids is 8. The molecule has 28 nitrogen and oxygen atoms in total. The first-order chi connectivity index (χ1) is 61.2. The molecule has 0 spiro atoms. The Hall–Kier alpha value is -14.8. The minimum absolute atomic E-state index is 0.304. The van der Waals surface area contributed by atoms with E-state index in [-0.39, 0.29) is 47.3 Å². The molecule has 0 fully saturated rings. The Morgan fingerprint density at radius 1 is 0.310 bits per heavy atom. The van der Waals surface area contributed by atoms with Crippen molar-refractivity contribution in [1.82, 2.24) is 40.0 Å². The first kappa shape index (κ1) is 88.9. The molecule has 0 radical (unpaired) electrons. The number of aromatic nitrogens is 4. The van der Waals surface area contributed by atoms with Crippen LogP contribution < -0.4 is 47.9 Å². The van der Waals surface area contributed by atoms with Gasteiger partial charge in [0, 0.05) is 129 Å². The first-order valence-corrected chi connectivity index (χ1v) is 41.5. The lowest BCUT2D eigenvalue weighted by Gasteiger charge is -2.25. The zero-order valence-corrected chi connectivity index (χ0v) is 71.4. The molecule has 0 bridgehead atoms. The van der Waals surface area contributed by atoms with Gasteiger partial charge in [-0.3, -0.25) is 58.3 Å². The third-order valence-electron chi connectivity index (χ3n) is 19.7. The van der Waals surface area contributed by atoms with Gasteiger partial charge in [0.25, 0.3) is 47.3 Å². The summed E-state index contributed by atoms with van der Waals surface area (Å²) in [5.74, 6) is 2.35. The second-order valence-corrected chi connectivity index (χ2v) is 30.2. The molecular weight excluding hydrogens is 1680 g/mol. The minimum Gasteiger partial charge on any atom is -0.370 e. The number of amides is 8. The maximum absolute atomic E-state index is 12.8. The molecule has 0 aliphatic carbocycles. The molecule has 126 heavy (non-hydrogen) atoms. The van der Waals surface area contributed by atoms with Gasteiger partial charge < -0.3 is 62.6 Å². The Bertz CT molecular complexity index is 6070. The fraction of sp³-hybridized carbons (Fsp3) is 0.149. The zero-order valence-electron chi connectivity index (χ0n) is 68.4. The van der Waals surface area contributed by atoms with E-state index in [0.29, 0.717) is 111 Å². The van der Waals surface area contributed by atoms with Crippen LogP contribution in [0, 0.1) is 0 Å². The number of hydrogen-bond donors (Lipinski definition) is 9. The van der Waals surface area contributed by atoms with E-state index in [1.54, 1.807) is 194 Å². The number of nitrogens with one attached hydrogen (secondary N) is 9. The van der Waals surface area contributed by atoms with Crippen molar-refractivity contribution in [3.8, 4) is 0 Å². The first-order valence-electron chi connectivity index (χ1n) is 40.0. The number of likely N-dealkylation sites (N-methyl/N-ethyl adjacent to an activating group) is 2. The SMILES string of the molecule is CCN1CCN=C1c1ccc(C(=O)Nc2ccccc2C(=O)Nc2ccc(Cl)cn2)cc1.CN1CCCN=C1c1ccc(C(=O)Nc2ccccc2C(=O)Nc2ccc(Cl)cn2)cc1.CN1CCN=C1c1ccc(C(=O)Nc2ccccc2C(=O)Nc2ccc(Cl)cn2)cc1.O=C(Nc1ccccc1C(=O)Nc1ccc(Cl)cn1)c1ccc(C2=NCCCN2)cc1. The van der Waals surface area contributed by atoms with E-state index in [4.69, 9.17) is 46.4 Å². The lowest BCUT2D eigenvalue weighted by atomic mass is 10.1. The van der Waals surface area contributed by atoms with Crippen molar-refractivity contribution in [1.29, 1.82) is 0 Å². The fourth-order valence-corrected chi connectivity index (χ4v) is 13.7. The number of benzene rings is 8. The highest BCUT2D eigenvalue weighted by Gasteiger charge is 2.24. The summed E-state index contributed by atoms with van der Waals surface area (Å²) in [7, 11) is 4.01. The van der Waals surface area contributed by atoms with Crippen molar-refractivity contribution < 1.29 is 38.4 Å². The number of nitrogens with zero attached hydrogens (tertiary/aromatic N) is 11. The number of halogens is 4. The number of carbonyl (C=O) groups is 8. The van der Waals surface area contributed by atoms with Crippen LogP contribution in [-0.4, -0.2) is 178 Å². The predicted octanol–water partition coefficient (Wildman–Crippen LogP) is 16.6. The van der Waals surface area contributed by atoms with Gasteiger partial charge >= 0.3 is 0 Å². The number of hydrogen-bond acceptors (Lipinski definition) is 20. The van der Waals surface area contributed by atoms with Crippen molar-refractivity contribution in [3.05, 3.63) is 354 Å². The predicted molar refractivity (Wildman–Crippen MR) is 498 cm³/mol. The van der Waals surface area contributed by atoms with Gasteiger partial charge in [-0.1, -0.05) is 143 Å². The molecule has 12 aromatic rings. The molecule has 0 saturated carbocycles. The van der Waals surface area contributed by atoms with E-state index in [1.807, 2.05) is 62.6 Å². The number of amidine groups is 4. The number of para-hydroxylation sites is 4. The molecule has 0 atom stereocenters. The van der Waals surface area contributed by atoms with Crippen LogP contribution >= 0.6 is 46.4 Å². The van der Waals surface area contributed by atoms with Gasteiger partial charge in [0.05, 0.1) is 78.2 Å². The average Bonchev–Trinajstić information content (AvgIpc) is 1.26. The zero-order chi connectivity index (χ0) is 88.4. The lowest BCUT2D eigenvalue weighted by molar-refractivity contribution is 0.101. The lowest BCUT2D eigenvalue weighted by Crippen LogP contribution is -2.32. The van der Waals surface area contributed by atoms with E-state index < -0.39 is 0 Å². The maximum atomic E-state index is 12.8. The molecule has 8 amide bonds. The van der Waals surface area contributed by atoms with Crippen LogP contribution in [0.25, 0.3) is 0 Å². The third-order valence-corrected chi connectivity index (χ3v) is 20.6. The van der Waals surface area contributed by atoms with Gasteiger partial charge in [-0.2, -0.15) is 0 Å². The van der Waals surface area contributed by atoms with Crippen molar-refractivity contribution >= 4 is 163 Å². The van der Waals surface area contributed by atoms with E-state index in [0.717, 1.165) is 117 Å². The molecule has 8 aromatic carbocycles. The molecule has 4 aliphatic heterocycles. The van der Waals surface area contributed by atoms with Crippen LogP contribution in [0.15, 0.2) is 287 Å². The van der Waals surface area contributed by atoms with E-state index in [2.05, 4.69) is 109 Å². The minimum atomic E-state index is -0.387. The van der Waals surface area contributed by atoms with Gasteiger partial charge in [-0.05, 0) is 165 Å². The monoisotopic (exact) mass is 1760 g/mol. The van der Waals surface area contributed by atoms with Crippen molar-refractivity contribution in [2.75, 3.05) is 116 Å². The van der Waals surface area contributed by atoms with Crippen molar-refractivity contribution in [2.45, 2.75) is 19.8 Å². The Morgan fingerprint density at radius 3 is 0.897 bits per heavy atom. The summed E-state index contributed by atoms with van der Waals surface area (Å²) in [6, 6.07) is 69.3. The van der Waals surface area contributed by atoms with Crippen molar-refractivity contribution in [2.24, 2.45) is 20.0 Å². The highest BCUT2D eigenvalue weighted by molar-refractivity contribution is 6.31. The number of anilines is 8. The summed E-state index contributed by atoms with van der Waals surface area (Å²) >= 11 is 23.3. The van der Waals surface area contributed by atoms with E-state index in [9.17, 15) is 38.4 Å². The highest BCUT2D eigenvalue weighted by atomic mass is 35.5. The standard InChI is InChI=1S/2C24H22ClN5O2.2C23H20ClN5O2/c1-30-14-4-13-26-22(30)16-7-9-17(10-8-16)23(31)28-20-6-3-2-5-19(20)24(32)29-21-12-11-18(25)15-27-21;1-2-30-14-13-26-22(30)16-7-9-17(10-8-16)23(31)28-20-6-4-3-5-19(20)24(32)29-21-12-11-18(25)15-27-21;1-29-13-12-25-21(29)15-6-8-16(9-7-15)22(30)27-19-5-3-2-4-18(19)23(31)28-20-11-10-17(24)14-26-20;24-17-10-11-20(27-14-17)29-23(31)18-4-1-2-5-19(18)28-22(30)16-8-6-15(7-9-16)21-25-12-3-13-26-21/h2-3,5-12,15H,4,13-14H2,1H3,(H,28,31)(H,27,29,32);3-12,15H,2,13-14H2,1H3,(H,28,31)(H,27,29,32);2-11,14H,12-13H2,1H3,(H,27,30)(H,26,28,31);1-2,4-11,14H,3,12-13H2,(H,25,26)(H,28,30)(H,27,29,31). The summed E-state index contributed by atoms with van der Waals surface area (Å²) in [5.41, 5.74) is 8.73. The van der Waals surface area contributed by atoms with Gasteiger partial charge in [0.1, 0.15) is 46.6 Å². The Morgan fingerprint density at radius 2 is 0.603 bits per heavy atom. The second-order valence-electron chi connectivity index (χ2n) is 28.5. The van der Waals surface area contributed by atoms with E-state index in [1.165, 1.54) is 24.8 Å². The summed E-state index contributed by atoms with van der Waals surface area (Å²) in [5, 5.41) is 27.3. The maximum Gasteiger partial charge on any atom is 0.258 e. The van der Waals surface area contributed by atoms with Gasteiger partial charge in [0.15, 0.2) is 0 Å². The van der Waals surface area contributed by atoms with Crippen LogP contribution in [0.4, 0.5) is 46.0 Å². The van der Waals surface area contributed by atoms with Crippen LogP contribution in [0.2, 0.25) is 20.1 Å². The number of rotatable bonds is 21. The van der Waals surface area contributed by atoms with Crippen LogP contribution in [0.5, 0.6) is 0 Å². The summed E-state index contributed by atoms with van der Waals surface area (Å²) < 4.78 is 0. The van der Waals surface area contributed by atoms with Gasteiger partial charge in [0.2, 0.25) is 0 Å². The van der Waals surface area contributed by atoms with Crippen LogP contribution in [0.3, 0.4) is 0 Å². The van der Waals surface area contributed by atoms with Gasteiger partial charge in [-0.25, -0.2) is 19.9 Å². The molecule has 16 rings (SSSR count).